The zero-order valence-corrected chi connectivity index (χ0v) is 15.7. The molecule has 1 unspecified atom stereocenters. The summed E-state index contributed by atoms with van der Waals surface area (Å²) in [7, 11) is 0. The molecule has 0 N–H and O–H groups in total. The van der Waals surface area contributed by atoms with Crippen molar-refractivity contribution in [3.63, 3.8) is 0 Å². The molecule has 0 bridgehead atoms. The van der Waals surface area contributed by atoms with E-state index in [1.807, 2.05) is 30.3 Å². The van der Waals surface area contributed by atoms with E-state index in [0.717, 1.165) is 5.56 Å². The Kier molecular flexibility index (Phi) is 7.00. The van der Waals surface area contributed by atoms with Crippen LogP contribution in [0.2, 0.25) is 0 Å². The first kappa shape index (κ1) is 20.2. The van der Waals surface area contributed by atoms with Crippen LogP contribution in [0.25, 0.3) is 0 Å². The van der Waals surface area contributed by atoms with Crippen LogP contribution in [0, 0.1) is 10.8 Å². The van der Waals surface area contributed by atoms with Crippen LogP contribution in [-0.2, 0) is 19.1 Å². The number of esters is 2. The molecule has 0 spiro atoms. The third-order valence-corrected chi connectivity index (χ3v) is 4.31. The monoisotopic (exact) mass is 334 g/mol. The Balaban J connectivity index is 3.26. The molecule has 0 aromatic heterocycles. The fourth-order valence-corrected chi connectivity index (χ4v) is 2.85. The van der Waals surface area contributed by atoms with Gasteiger partial charge >= 0.3 is 11.9 Å². The summed E-state index contributed by atoms with van der Waals surface area (Å²) >= 11 is 0. The average Bonchev–Trinajstić information content (AvgIpc) is 2.52. The summed E-state index contributed by atoms with van der Waals surface area (Å²) in [6.45, 7) is 11.9. The minimum Gasteiger partial charge on any atom is -0.465 e. The molecule has 4 heteroatoms. The van der Waals surface area contributed by atoms with Gasteiger partial charge in [0.15, 0.2) is 5.41 Å². The maximum atomic E-state index is 12.6. The second-order valence-electron chi connectivity index (χ2n) is 7.31. The zero-order valence-electron chi connectivity index (χ0n) is 15.7. The molecule has 0 radical (unpaired) electrons. The summed E-state index contributed by atoms with van der Waals surface area (Å²) in [4.78, 5) is 25.1. The average molecular weight is 334 g/mol. The molecule has 0 aliphatic heterocycles. The lowest BCUT2D eigenvalue weighted by Gasteiger charge is -2.36. The van der Waals surface area contributed by atoms with Gasteiger partial charge in [-0.05, 0) is 44.1 Å². The van der Waals surface area contributed by atoms with Crippen LogP contribution >= 0.6 is 0 Å². The molecule has 0 fully saturated rings. The largest absolute Gasteiger partial charge is 0.465 e. The number of hydrogen-bond donors (Lipinski definition) is 0. The van der Waals surface area contributed by atoms with Crippen molar-refractivity contribution in [1.29, 1.82) is 0 Å². The van der Waals surface area contributed by atoms with Crippen molar-refractivity contribution < 1.29 is 19.1 Å². The molecule has 4 nitrogen and oxygen atoms in total. The number of carbonyl (C=O) groups excluding carboxylic acids is 2. The van der Waals surface area contributed by atoms with Crippen LogP contribution in [0.15, 0.2) is 30.3 Å². The first-order valence-corrected chi connectivity index (χ1v) is 8.56. The van der Waals surface area contributed by atoms with E-state index in [1.165, 1.54) is 0 Å². The third kappa shape index (κ3) is 4.83. The molecule has 0 saturated carbocycles. The van der Waals surface area contributed by atoms with Crippen molar-refractivity contribution in [1.82, 2.24) is 0 Å². The van der Waals surface area contributed by atoms with Gasteiger partial charge in [0.1, 0.15) is 0 Å². The van der Waals surface area contributed by atoms with Gasteiger partial charge in [-0.15, -0.1) is 0 Å². The van der Waals surface area contributed by atoms with E-state index in [-0.39, 0.29) is 24.5 Å². The Morgan fingerprint density at radius 3 is 1.75 bits per heavy atom. The first-order chi connectivity index (χ1) is 11.2. The van der Waals surface area contributed by atoms with E-state index in [4.69, 9.17) is 9.47 Å². The lowest BCUT2D eigenvalue weighted by Crippen LogP contribution is -2.42. The van der Waals surface area contributed by atoms with E-state index in [2.05, 4.69) is 20.8 Å². The lowest BCUT2D eigenvalue weighted by molar-refractivity contribution is -0.172. The van der Waals surface area contributed by atoms with Gasteiger partial charge in [-0.1, -0.05) is 51.1 Å². The molecular weight excluding hydrogens is 304 g/mol. The molecule has 0 aliphatic carbocycles. The van der Waals surface area contributed by atoms with Gasteiger partial charge in [0.25, 0.3) is 0 Å². The van der Waals surface area contributed by atoms with Gasteiger partial charge in [-0.2, -0.15) is 0 Å². The fraction of sp³-hybridized carbons (Fsp3) is 0.600. The highest BCUT2D eigenvalue weighted by Gasteiger charge is 2.48. The highest BCUT2D eigenvalue weighted by molar-refractivity contribution is 5.99. The molecule has 1 aromatic carbocycles. The van der Waals surface area contributed by atoms with Crippen molar-refractivity contribution in [3.8, 4) is 0 Å². The van der Waals surface area contributed by atoms with Gasteiger partial charge < -0.3 is 9.47 Å². The number of carbonyl (C=O) groups is 2. The zero-order chi connectivity index (χ0) is 18.4. The van der Waals surface area contributed by atoms with E-state index in [9.17, 15) is 9.59 Å². The maximum Gasteiger partial charge on any atom is 0.323 e. The molecule has 1 rings (SSSR count). The van der Waals surface area contributed by atoms with Gasteiger partial charge in [-0.3, -0.25) is 9.59 Å². The smallest absolute Gasteiger partial charge is 0.323 e. The topological polar surface area (TPSA) is 52.6 Å². The normalized spacial score (nSPS) is 13.2. The van der Waals surface area contributed by atoms with Crippen LogP contribution in [0.3, 0.4) is 0 Å². The Labute approximate surface area is 145 Å². The molecule has 24 heavy (non-hydrogen) atoms. The summed E-state index contributed by atoms with van der Waals surface area (Å²) in [5.74, 6) is -1.03. The van der Waals surface area contributed by atoms with Crippen LogP contribution in [0.1, 0.15) is 59.4 Å². The predicted octanol–water partition coefficient (Wildman–Crippen LogP) is 4.34. The number of benzene rings is 1. The minimum atomic E-state index is -1.32. The van der Waals surface area contributed by atoms with Crippen molar-refractivity contribution in [3.05, 3.63) is 35.9 Å². The predicted molar refractivity (Wildman–Crippen MR) is 94.6 cm³/mol. The maximum absolute atomic E-state index is 12.6. The summed E-state index contributed by atoms with van der Waals surface area (Å²) < 4.78 is 10.4. The van der Waals surface area contributed by atoms with Gasteiger partial charge in [0.05, 0.1) is 13.2 Å². The minimum absolute atomic E-state index is 0.0116. The summed E-state index contributed by atoms with van der Waals surface area (Å²) in [6.07, 6.45) is 0.345. The molecule has 134 valence electrons. The van der Waals surface area contributed by atoms with E-state index >= 15 is 0 Å². The summed E-state index contributed by atoms with van der Waals surface area (Å²) in [6, 6.07) is 9.97. The van der Waals surface area contributed by atoms with E-state index in [0.29, 0.717) is 6.42 Å². The molecular formula is C20H30O4. The second kappa shape index (κ2) is 8.32. The Morgan fingerprint density at radius 1 is 0.917 bits per heavy atom. The van der Waals surface area contributed by atoms with Gasteiger partial charge in [0, 0.05) is 0 Å². The SMILES string of the molecule is CCOC(=O)C(C)(CC(c1ccccc1)C(C)(C)C)C(=O)OCC. The highest BCUT2D eigenvalue weighted by Crippen LogP contribution is 2.44. The molecule has 0 heterocycles. The standard InChI is InChI=1S/C20H30O4/c1-7-23-17(21)20(6,18(22)24-8-2)14-16(19(3,4)5)15-12-10-9-11-13-15/h9-13,16H,7-8,14H2,1-6H3. The number of hydrogen-bond acceptors (Lipinski definition) is 4. The molecule has 0 saturated heterocycles. The van der Waals surface area contributed by atoms with Crippen LogP contribution in [0.5, 0.6) is 0 Å². The first-order valence-electron chi connectivity index (χ1n) is 8.56. The van der Waals surface area contributed by atoms with Crippen molar-refractivity contribution in [2.24, 2.45) is 10.8 Å². The van der Waals surface area contributed by atoms with E-state index < -0.39 is 17.4 Å². The van der Waals surface area contributed by atoms with Crippen LogP contribution in [-0.4, -0.2) is 25.2 Å². The van der Waals surface area contributed by atoms with Crippen molar-refractivity contribution in [2.45, 2.75) is 53.9 Å². The molecule has 0 aliphatic rings. The molecule has 1 atom stereocenters. The Bertz CT molecular complexity index is 525. The number of rotatable bonds is 7. The second-order valence-corrected chi connectivity index (χ2v) is 7.31. The quantitative estimate of drug-likeness (QED) is 0.550. The Hall–Kier alpha value is -1.84. The summed E-state index contributed by atoms with van der Waals surface area (Å²) in [5, 5.41) is 0. The van der Waals surface area contributed by atoms with E-state index in [1.54, 1.807) is 20.8 Å². The lowest BCUT2D eigenvalue weighted by atomic mass is 9.68. The van der Waals surface area contributed by atoms with Crippen molar-refractivity contribution >= 4 is 11.9 Å². The fourth-order valence-electron chi connectivity index (χ4n) is 2.85. The van der Waals surface area contributed by atoms with Gasteiger partial charge in [0.2, 0.25) is 0 Å². The molecule has 1 aromatic rings. The van der Waals surface area contributed by atoms with Gasteiger partial charge in [-0.25, -0.2) is 0 Å². The molecule has 0 amide bonds. The summed E-state index contributed by atoms with van der Waals surface area (Å²) in [5.41, 5.74) is -0.341. The highest BCUT2D eigenvalue weighted by atomic mass is 16.6. The van der Waals surface area contributed by atoms with Crippen LogP contribution in [0.4, 0.5) is 0 Å². The Morgan fingerprint density at radius 2 is 1.38 bits per heavy atom. The van der Waals surface area contributed by atoms with Crippen LogP contribution < -0.4 is 0 Å². The van der Waals surface area contributed by atoms with Crippen molar-refractivity contribution in [2.75, 3.05) is 13.2 Å². The number of ether oxygens (including phenoxy) is 2. The third-order valence-electron chi connectivity index (χ3n) is 4.31.